The first-order valence-electron chi connectivity index (χ1n) is 8.26. The van der Waals surface area contributed by atoms with E-state index in [4.69, 9.17) is 0 Å². The zero-order chi connectivity index (χ0) is 18.5. The quantitative estimate of drug-likeness (QED) is 0.773. The number of nitrogens with one attached hydrogen (secondary N) is 1. The van der Waals surface area contributed by atoms with Crippen LogP contribution in [-0.2, 0) is 5.41 Å². The number of benzene rings is 1. The maximum absolute atomic E-state index is 12.7. The van der Waals surface area contributed by atoms with Crippen LogP contribution >= 0.6 is 11.3 Å². The van der Waals surface area contributed by atoms with Crippen molar-refractivity contribution in [3.63, 3.8) is 0 Å². The molecule has 1 fully saturated rings. The number of fused-ring (bicyclic) bond motifs is 1. The normalized spacial score (nSPS) is 14.8. The number of anilines is 1. The second-order valence-electron chi connectivity index (χ2n) is 6.56. The molecule has 2 aromatic heterocycles. The summed E-state index contributed by atoms with van der Waals surface area (Å²) >= 11 is 1.42. The maximum Gasteiger partial charge on any atom is 0.271 e. The van der Waals surface area contributed by atoms with Crippen LogP contribution in [0.2, 0.25) is 0 Å². The number of carbonyl (C=O) groups is 1. The second kappa shape index (κ2) is 5.78. The van der Waals surface area contributed by atoms with Crippen molar-refractivity contribution in [1.82, 2.24) is 9.38 Å². The molecule has 1 aromatic carbocycles. The third kappa shape index (κ3) is 2.50. The molecule has 0 saturated heterocycles. The van der Waals surface area contributed by atoms with Gasteiger partial charge in [0, 0.05) is 22.5 Å². The Bertz CT molecular complexity index is 1130. The Morgan fingerprint density at radius 2 is 2.00 bits per heavy atom. The molecule has 6 nitrogen and oxygen atoms in total. The van der Waals surface area contributed by atoms with E-state index >= 15 is 0 Å². The Kier molecular flexibility index (Phi) is 3.67. The summed E-state index contributed by atoms with van der Waals surface area (Å²) < 4.78 is 1.47. The number of amides is 1. The molecule has 1 aliphatic rings. The van der Waals surface area contributed by atoms with E-state index in [-0.39, 0.29) is 16.5 Å². The monoisotopic (exact) mass is 364 g/mol. The van der Waals surface area contributed by atoms with Gasteiger partial charge in [0.2, 0.25) is 0 Å². The third-order valence-corrected chi connectivity index (χ3v) is 5.99. The van der Waals surface area contributed by atoms with Crippen molar-refractivity contribution in [2.24, 2.45) is 0 Å². The summed E-state index contributed by atoms with van der Waals surface area (Å²) in [6.07, 6.45) is 3.07. The average Bonchev–Trinajstić information content (AvgIpc) is 3.37. The molecule has 0 unspecified atom stereocenters. The summed E-state index contributed by atoms with van der Waals surface area (Å²) in [7, 11) is 0. The Morgan fingerprint density at radius 1 is 1.31 bits per heavy atom. The molecule has 1 amide bonds. The van der Waals surface area contributed by atoms with Gasteiger partial charge in [0.15, 0.2) is 4.96 Å². The van der Waals surface area contributed by atoms with Crippen LogP contribution in [0.15, 0.2) is 35.3 Å². The Morgan fingerprint density at radius 3 is 2.62 bits per heavy atom. The number of nitrogens with zero attached hydrogens (tertiary/aromatic N) is 3. The van der Waals surface area contributed by atoms with Gasteiger partial charge in [-0.15, -0.1) is 11.3 Å². The highest BCUT2D eigenvalue weighted by Crippen LogP contribution is 2.47. The summed E-state index contributed by atoms with van der Waals surface area (Å²) in [6, 6.07) is 9.57. The molecule has 0 aliphatic heterocycles. The number of aromatic nitrogens is 2. The molecule has 2 heterocycles. The third-order valence-electron chi connectivity index (χ3n) is 4.92. The molecule has 1 aliphatic carbocycles. The predicted octanol–water partition coefficient (Wildman–Crippen LogP) is 3.18. The van der Waals surface area contributed by atoms with Crippen molar-refractivity contribution in [2.45, 2.75) is 32.1 Å². The van der Waals surface area contributed by atoms with Gasteiger partial charge >= 0.3 is 0 Å². The Hall–Kier alpha value is -2.98. The minimum Gasteiger partial charge on any atom is -0.322 e. The molecule has 1 saturated carbocycles. The standard InChI is InChI=1S/C19H16N4O2S/c1-11-12(2)26-18-21-9-15(17(25)23(11)18)16(24)22-14-5-3-13(4-6-14)19(10-20)7-8-19/h3-6,9H,7-8H2,1-2H3,(H,22,24). The fourth-order valence-electron chi connectivity index (χ4n) is 2.99. The van der Waals surface area contributed by atoms with Crippen molar-refractivity contribution in [3.05, 3.63) is 62.5 Å². The number of aryl methyl sites for hydroxylation is 2. The fraction of sp³-hybridized carbons (Fsp3) is 0.263. The molecule has 7 heteroatoms. The van der Waals surface area contributed by atoms with Crippen molar-refractivity contribution >= 4 is 27.9 Å². The highest BCUT2D eigenvalue weighted by atomic mass is 32.1. The van der Waals surface area contributed by atoms with E-state index in [1.807, 2.05) is 26.0 Å². The molecule has 26 heavy (non-hydrogen) atoms. The number of thiazole rings is 1. The first-order chi connectivity index (χ1) is 12.4. The minimum absolute atomic E-state index is 0.00293. The van der Waals surface area contributed by atoms with Gasteiger partial charge in [-0.25, -0.2) is 4.98 Å². The molecule has 0 spiro atoms. The average molecular weight is 364 g/mol. The van der Waals surface area contributed by atoms with Crippen LogP contribution in [-0.4, -0.2) is 15.3 Å². The van der Waals surface area contributed by atoms with Gasteiger partial charge in [0.1, 0.15) is 5.56 Å². The summed E-state index contributed by atoms with van der Waals surface area (Å²) in [4.78, 5) is 31.0. The van der Waals surface area contributed by atoms with Crippen LogP contribution in [0.3, 0.4) is 0 Å². The van der Waals surface area contributed by atoms with Gasteiger partial charge in [-0.1, -0.05) is 12.1 Å². The lowest BCUT2D eigenvalue weighted by Gasteiger charge is -2.09. The van der Waals surface area contributed by atoms with Gasteiger partial charge in [0.25, 0.3) is 11.5 Å². The van der Waals surface area contributed by atoms with Crippen molar-refractivity contribution in [3.8, 4) is 6.07 Å². The van der Waals surface area contributed by atoms with Crippen LogP contribution in [0.1, 0.15) is 39.3 Å². The SMILES string of the molecule is Cc1sc2ncc(C(=O)Nc3ccc(C4(C#N)CC4)cc3)c(=O)n2c1C. The van der Waals surface area contributed by atoms with Crippen molar-refractivity contribution < 1.29 is 4.79 Å². The van der Waals surface area contributed by atoms with Gasteiger partial charge in [-0.05, 0) is 44.4 Å². The maximum atomic E-state index is 12.7. The molecule has 0 bridgehead atoms. The highest BCUT2D eigenvalue weighted by molar-refractivity contribution is 7.17. The van der Waals surface area contributed by atoms with E-state index in [0.717, 1.165) is 29.0 Å². The lowest BCUT2D eigenvalue weighted by atomic mass is 9.98. The number of hydrogen-bond acceptors (Lipinski definition) is 5. The van der Waals surface area contributed by atoms with Crippen LogP contribution in [0.5, 0.6) is 0 Å². The van der Waals surface area contributed by atoms with Gasteiger partial charge in [-0.2, -0.15) is 5.26 Å². The van der Waals surface area contributed by atoms with Crippen LogP contribution in [0.25, 0.3) is 4.96 Å². The van der Waals surface area contributed by atoms with Crippen molar-refractivity contribution in [2.75, 3.05) is 5.32 Å². The first-order valence-corrected chi connectivity index (χ1v) is 9.08. The van der Waals surface area contributed by atoms with E-state index in [9.17, 15) is 14.9 Å². The number of nitriles is 1. The zero-order valence-corrected chi connectivity index (χ0v) is 15.2. The minimum atomic E-state index is -0.491. The van der Waals surface area contributed by atoms with E-state index in [1.165, 1.54) is 21.9 Å². The largest absolute Gasteiger partial charge is 0.322 e. The molecule has 0 atom stereocenters. The summed E-state index contributed by atoms with van der Waals surface area (Å²) in [5, 5.41) is 12.0. The second-order valence-corrected chi connectivity index (χ2v) is 7.75. The molecule has 1 N–H and O–H groups in total. The van der Waals surface area contributed by atoms with Crippen molar-refractivity contribution in [1.29, 1.82) is 5.26 Å². The number of hydrogen-bond donors (Lipinski definition) is 1. The van der Waals surface area contributed by atoms with Crippen LogP contribution in [0.4, 0.5) is 5.69 Å². The highest BCUT2D eigenvalue weighted by Gasteiger charge is 2.44. The lowest BCUT2D eigenvalue weighted by Crippen LogP contribution is -2.26. The van der Waals surface area contributed by atoms with E-state index in [2.05, 4.69) is 16.4 Å². The lowest BCUT2D eigenvalue weighted by molar-refractivity contribution is 0.102. The number of rotatable bonds is 3. The Labute approximate surface area is 153 Å². The number of carbonyl (C=O) groups excluding carboxylic acids is 1. The zero-order valence-electron chi connectivity index (χ0n) is 14.4. The molecular weight excluding hydrogens is 348 g/mol. The smallest absolute Gasteiger partial charge is 0.271 e. The van der Waals surface area contributed by atoms with Gasteiger partial charge in [0.05, 0.1) is 11.5 Å². The molecule has 3 aromatic rings. The summed E-state index contributed by atoms with van der Waals surface area (Å²) in [5.74, 6) is -0.491. The van der Waals surface area contributed by atoms with Gasteiger partial charge < -0.3 is 5.32 Å². The van der Waals surface area contributed by atoms with Crippen LogP contribution < -0.4 is 10.9 Å². The molecular formula is C19H16N4O2S. The fourth-order valence-corrected chi connectivity index (χ4v) is 3.92. The molecule has 130 valence electrons. The Balaban J connectivity index is 1.62. The van der Waals surface area contributed by atoms with E-state index < -0.39 is 5.91 Å². The van der Waals surface area contributed by atoms with Gasteiger partial charge in [-0.3, -0.25) is 14.0 Å². The molecule has 0 radical (unpaired) electrons. The van der Waals surface area contributed by atoms with E-state index in [1.54, 1.807) is 12.1 Å². The predicted molar refractivity (Wildman–Crippen MR) is 99.7 cm³/mol. The summed E-state index contributed by atoms with van der Waals surface area (Å²) in [5.41, 5.74) is 1.62. The summed E-state index contributed by atoms with van der Waals surface area (Å²) in [6.45, 7) is 3.76. The van der Waals surface area contributed by atoms with E-state index in [0.29, 0.717) is 10.6 Å². The topological polar surface area (TPSA) is 87.3 Å². The van der Waals surface area contributed by atoms with Crippen LogP contribution in [0, 0.1) is 25.2 Å². The molecule has 4 rings (SSSR count). The first kappa shape index (κ1) is 16.5.